The Morgan fingerprint density at radius 2 is 1.95 bits per heavy atom. The maximum absolute atomic E-state index is 13.0. The molecule has 0 bridgehead atoms. The molecule has 9 nitrogen and oxygen atoms in total. The Labute approximate surface area is 228 Å². The molecule has 0 fully saturated rings. The van der Waals surface area contributed by atoms with Gasteiger partial charge < -0.3 is 15.4 Å². The van der Waals surface area contributed by atoms with Gasteiger partial charge in [0.25, 0.3) is 5.91 Å². The SMILES string of the molecule is COc1cccc(NC(=O)CSC2=Nc3ccccc3C3=NC(=O)C(CCC(=O)NCc4cccs4)N23)c1. The number of thioether (sulfide) groups is 1. The normalized spacial score (nSPS) is 15.8. The summed E-state index contributed by atoms with van der Waals surface area (Å²) in [4.78, 5) is 50.1. The second kappa shape index (κ2) is 11.6. The van der Waals surface area contributed by atoms with E-state index in [1.165, 1.54) is 11.8 Å². The van der Waals surface area contributed by atoms with E-state index in [9.17, 15) is 14.4 Å². The molecule has 0 saturated heterocycles. The molecule has 2 aliphatic rings. The van der Waals surface area contributed by atoms with Crippen LogP contribution in [-0.4, -0.2) is 52.5 Å². The second-order valence-electron chi connectivity index (χ2n) is 8.53. The highest BCUT2D eigenvalue weighted by Crippen LogP contribution is 2.35. The lowest BCUT2D eigenvalue weighted by molar-refractivity contribution is -0.122. The number of carbonyl (C=O) groups is 3. The van der Waals surface area contributed by atoms with Gasteiger partial charge in [0, 0.05) is 28.6 Å². The molecule has 2 N–H and O–H groups in total. The first-order valence-corrected chi connectivity index (χ1v) is 13.8. The Morgan fingerprint density at radius 1 is 1.08 bits per heavy atom. The van der Waals surface area contributed by atoms with Crippen LogP contribution in [-0.2, 0) is 20.9 Å². The molecule has 11 heteroatoms. The molecule has 3 aromatic rings. The number of ether oxygens (including phenoxy) is 1. The monoisotopic (exact) mass is 547 g/mol. The maximum Gasteiger partial charge on any atom is 0.270 e. The van der Waals surface area contributed by atoms with Crippen molar-refractivity contribution in [2.45, 2.75) is 25.4 Å². The third-order valence-corrected chi connectivity index (χ3v) is 7.81. The van der Waals surface area contributed by atoms with Crippen molar-refractivity contribution >= 4 is 63.2 Å². The number of fused-ring (bicyclic) bond motifs is 3. The summed E-state index contributed by atoms with van der Waals surface area (Å²) in [5, 5.41) is 8.22. The summed E-state index contributed by atoms with van der Waals surface area (Å²) in [6, 6.07) is 17.8. The van der Waals surface area contributed by atoms with Crippen LogP contribution in [0.2, 0.25) is 0 Å². The average molecular weight is 548 g/mol. The molecule has 3 heterocycles. The third-order valence-electron chi connectivity index (χ3n) is 5.98. The number of nitrogens with one attached hydrogen (secondary N) is 2. The number of para-hydroxylation sites is 1. The maximum atomic E-state index is 13.0. The van der Waals surface area contributed by atoms with Crippen LogP contribution in [0.15, 0.2) is 76.0 Å². The smallest absolute Gasteiger partial charge is 0.270 e. The number of carbonyl (C=O) groups excluding carboxylic acids is 3. The molecule has 2 aliphatic heterocycles. The largest absolute Gasteiger partial charge is 0.497 e. The summed E-state index contributed by atoms with van der Waals surface area (Å²) in [5.41, 5.74) is 2.05. The van der Waals surface area contributed by atoms with Crippen LogP contribution in [0.4, 0.5) is 11.4 Å². The number of amides is 3. The summed E-state index contributed by atoms with van der Waals surface area (Å²) in [6.07, 6.45) is 0.441. The molecule has 1 aromatic heterocycles. The van der Waals surface area contributed by atoms with Gasteiger partial charge in [-0.1, -0.05) is 36.0 Å². The summed E-state index contributed by atoms with van der Waals surface area (Å²) in [7, 11) is 1.57. The molecule has 0 radical (unpaired) electrons. The van der Waals surface area contributed by atoms with Crippen LogP contribution in [0.25, 0.3) is 0 Å². The van der Waals surface area contributed by atoms with Gasteiger partial charge >= 0.3 is 0 Å². The van der Waals surface area contributed by atoms with Crippen LogP contribution in [0.3, 0.4) is 0 Å². The summed E-state index contributed by atoms with van der Waals surface area (Å²) in [5.74, 6) is 0.531. The van der Waals surface area contributed by atoms with E-state index < -0.39 is 6.04 Å². The van der Waals surface area contributed by atoms with Gasteiger partial charge in [0.2, 0.25) is 11.8 Å². The third kappa shape index (κ3) is 5.79. The number of hydrogen-bond acceptors (Lipinski definition) is 8. The Morgan fingerprint density at radius 3 is 2.76 bits per heavy atom. The molecular formula is C27H25N5O4S2. The molecule has 0 spiro atoms. The predicted molar refractivity (Wildman–Crippen MR) is 150 cm³/mol. The first-order valence-electron chi connectivity index (χ1n) is 12.0. The topological polar surface area (TPSA) is 112 Å². The Hall–Kier alpha value is -3.96. The van der Waals surface area contributed by atoms with Crippen molar-refractivity contribution in [3.63, 3.8) is 0 Å². The molecule has 1 unspecified atom stereocenters. The molecule has 5 rings (SSSR count). The van der Waals surface area contributed by atoms with E-state index in [1.54, 1.807) is 47.6 Å². The summed E-state index contributed by atoms with van der Waals surface area (Å²) >= 11 is 2.80. The van der Waals surface area contributed by atoms with E-state index in [-0.39, 0.29) is 36.3 Å². The molecule has 1 atom stereocenters. The van der Waals surface area contributed by atoms with Gasteiger partial charge in [-0.2, -0.15) is 4.99 Å². The van der Waals surface area contributed by atoms with Crippen molar-refractivity contribution in [2.75, 3.05) is 18.2 Å². The van der Waals surface area contributed by atoms with E-state index in [4.69, 9.17) is 9.73 Å². The number of aliphatic imine (C=N–C) groups is 2. The molecule has 194 valence electrons. The number of anilines is 1. The van der Waals surface area contributed by atoms with Crippen molar-refractivity contribution in [2.24, 2.45) is 9.98 Å². The number of hydrogen-bond donors (Lipinski definition) is 2. The Bertz CT molecular complexity index is 1420. The van der Waals surface area contributed by atoms with E-state index in [0.717, 1.165) is 10.4 Å². The van der Waals surface area contributed by atoms with E-state index in [1.807, 2.05) is 41.8 Å². The highest BCUT2D eigenvalue weighted by molar-refractivity contribution is 8.14. The lowest BCUT2D eigenvalue weighted by Gasteiger charge is -2.31. The minimum Gasteiger partial charge on any atom is -0.497 e. The quantitative estimate of drug-likeness (QED) is 0.416. The van der Waals surface area contributed by atoms with Crippen LogP contribution >= 0.6 is 23.1 Å². The number of nitrogens with zero attached hydrogens (tertiary/aromatic N) is 3. The van der Waals surface area contributed by atoms with Crippen molar-refractivity contribution in [3.05, 3.63) is 76.5 Å². The van der Waals surface area contributed by atoms with Crippen molar-refractivity contribution in [1.82, 2.24) is 10.2 Å². The molecule has 0 aliphatic carbocycles. The zero-order chi connectivity index (χ0) is 26.5. The minimum absolute atomic E-state index is 0.0736. The molecule has 2 aromatic carbocycles. The fraction of sp³-hybridized carbons (Fsp3) is 0.222. The van der Waals surface area contributed by atoms with Gasteiger partial charge in [-0.15, -0.1) is 11.3 Å². The van der Waals surface area contributed by atoms with Crippen LogP contribution < -0.4 is 15.4 Å². The van der Waals surface area contributed by atoms with E-state index >= 15 is 0 Å². The van der Waals surface area contributed by atoms with Gasteiger partial charge in [0.15, 0.2) is 5.17 Å². The fourth-order valence-electron chi connectivity index (χ4n) is 4.16. The van der Waals surface area contributed by atoms with Gasteiger partial charge in [0.05, 0.1) is 25.1 Å². The highest BCUT2D eigenvalue weighted by atomic mass is 32.2. The number of benzene rings is 2. The van der Waals surface area contributed by atoms with Crippen LogP contribution in [0.1, 0.15) is 23.3 Å². The summed E-state index contributed by atoms with van der Waals surface area (Å²) < 4.78 is 5.21. The number of methoxy groups -OCH3 is 1. The second-order valence-corrected chi connectivity index (χ2v) is 10.5. The Kier molecular flexibility index (Phi) is 7.85. The number of amidine groups is 2. The highest BCUT2D eigenvalue weighted by Gasteiger charge is 2.41. The zero-order valence-electron chi connectivity index (χ0n) is 20.5. The molecule has 38 heavy (non-hydrogen) atoms. The first kappa shape index (κ1) is 25.7. The minimum atomic E-state index is -0.668. The standard InChI is InChI=1S/C27H25N5O4S2/c1-36-18-7-4-6-17(14-18)29-24(34)16-38-27-30-21-10-3-2-9-20(21)25-31-26(35)22(32(25)27)11-12-23(33)28-15-19-8-5-13-37-19/h2-10,13-14,22H,11-12,15-16H2,1H3,(H,28,33)(H,29,34). The average Bonchev–Trinajstić information content (AvgIpc) is 3.57. The lowest BCUT2D eigenvalue weighted by atomic mass is 10.1. The van der Waals surface area contributed by atoms with Gasteiger partial charge in [0.1, 0.15) is 17.6 Å². The van der Waals surface area contributed by atoms with Crippen LogP contribution in [0, 0.1) is 0 Å². The van der Waals surface area contributed by atoms with Crippen molar-refractivity contribution < 1.29 is 19.1 Å². The number of thiophene rings is 1. The predicted octanol–water partition coefficient (Wildman–Crippen LogP) is 4.18. The van der Waals surface area contributed by atoms with Crippen LogP contribution in [0.5, 0.6) is 5.75 Å². The first-order chi connectivity index (χ1) is 18.5. The van der Waals surface area contributed by atoms with Crippen molar-refractivity contribution in [1.29, 1.82) is 0 Å². The van der Waals surface area contributed by atoms with Gasteiger partial charge in [-0.05, 0) is 42.1 Å². The summed E-state index contributed by atoms with van der Waals surface area (Å²) in [6.45, 7) is 0.457. The lowest BCUT2D eigenvalue weighted by Crippen LogP contribution is -2.44. The molecule has 0 saturated carbocycles. The van der Waals surface area contributed by atoms with E-state index in [0.29, 0.717) is 34.7 Å². The van der Waals surface area contributed by atoms with Gasteiger partial charge in [-0.3, -0.25) is 19.3 Å². The van der Waals surface area contributed by atoms with Crippen molar-refractivity contribution in [3.8, 4) is 5.75 Å². The molecule has 3 amide bonds. The van der Waals surface area contributed by atoms with E-state index in [2.05, 4.69) is 15.6 Å². The number of rotatable bonds is 9. The zero-order valence-corrected chi connectivity index (χ0v) is 22.2. The van der Waals surface area contributed by atoms with Gasteiger partial charge in [-0.25, -0.2) is 4.99 Å². The molecular weight excluding hydrogens is 522 g/mol. The Balaban J connectivity index is 1.27. The fourth-order valence-corrected chi connectivity index (χ4v) is 5.65.